The van der Waals surface area contributed by atoms with Gasteiger partial charge in [-0.3, -0.25) is 4.79 Å². The summed E-state index contributed by atoms with van der Waals surface area (Å²) in [5.41, 5.74) is 0. The maximum atomic E-state index is 10.7. The van der Waals surface area contributed by atoms with Crippen LogP contribution in [0.15, 0.2) is 0 Å². The Hall–Kier alpha value is -0.220. The van der Waals surface area contributed by atoms with Crippen molar-refractivity contribution in [1.29, 1.82) is 0 Å². The van der Waals surface area contributed by atoms with Gasteiger partial charge in [-0.25, -0.2) is 0 Å². The minimum atomic E-state index is 0.0168. The number of nitrogens with zero attached hydrogens (tertiary/aromatic N) is 1. The van der Waals surface area contributed by atoms with Crippen LogP contribution in [0.25, 0.3) is 0 Å². The summed E-state index contributed by atoms with van der Waals surface area (Å²) in [7, 11) is 0. The zero-order valence-electron chi connectivity index (χ0n) is 8.78. The van der Waals surface area contributed by atoms with E-state index in [1.54, 1.807) is 4.90 Å². The lowest BCUT2D eigenvalue weighted by molar-refractivity contribution is -0.130. The third kappa shape index (κ3) is 3.88. The maximum Gasteiger partial charge on any atom is 0.211 e. The molecule has 0 aromatic rings. The van der Waals surface area contributed by atoms with Crippen molar-refractivity contribution in [3.8, 4) is 0 Å². The summed E-state index contributed by atoms with van der Waals surface area (Å²) in [4.78, 5) is 12.5. The molecule has 0 aromatic carbocycles. The molecule has 3 nitrogen and oxygen atoms in total. The van der Waals surface area contributed by atoms with E-state index in [-0.39, 0.29) is 6.23 Å². The second kappa shape index (κ2) is 7.12. The average Bonchev–Trinajstić information content (AvgIpc) is 2.25. The van der Waals surface area contributed by atoms with E-state index in [4.69, 9.17) is 4.74 Å². The smallest absolute Gasteiger partial charge is 0.211 e. The van der Waals surface area contributed by atoms with E-state index in [0.717, 1.165) is 37.5 Å². The first kappa shape index (κ1) is 11.9. The first-order chi connectivity index (χ1) is 6.88. The molecule has 0 spiro atoms. The number of hydrogen-bond acceptors (Lipinski definition) is 3. The quantitative estimate of drug-likeness (QED) is 0.501. The molecule has 0 radical (unpaired) electrons. The number of rotatable bonds is 6. The molecule has 4 heteroatoms. The standard InChI is InChI=1S/C10H19NO2S/c1-2-3-4-6-13-10-8-14-7-5-11(10)9-12/h9-10H,2-8H2,1H3. The molecule has 1 rings (SSSR count). The minimum absolute atomic E-state index is 0.0168. The molecule has 1 heterocycles. The number of carbonyl (C=O) groups is 1. The van der Waals surface area contributed by atoms with Crippen LogP contribution in [-0.4, -0.2) is 42.2 Å². The van der Waals surface area contributed by atoms with Gasteiger partial charge in [0, 0.05) is 24.7 Å². The Bertz CT molecular complexity index is 166. The van der Waals surface area contributed by atoms with E-state index in [0.29, 0.717) is 0 Å². The summed E-state index contributed by atoms with van der Waals surface area (Å²) in [6, 6.07) is 0. The molecule has 1 unspecified atom stereocenters. The second-order valence-corrected chi connectivity index (χ2v) is 4.60. The highest BCUT2D eigenvalue weighted by Crippen LogP contribution is 2.16. The third-order valence-electron chi connectivity index (χ3n) is 2.32. The normalized spacial score (nSPS) is 22.4. The highest BCUT2D eigenvalue weighted by atomic mass is 32.2. The third-order valence-corrected chi connectivity index (χ3v) is 3.31. The highest BCUT2D eigenvalue weighted by molar-refractivity contribution is 7.99. The van der Waals surface area contributed by atoms with Gasteiger partial charge in [-0.2, -0.15) is 11.8 Å². The van der Waals surface area contributed by atoms with Crippen molar-refractivity contribution in [1.82, 2.24) is 4.90 Å². The van der Waals surface area contributed by atoms with Crippen LogP contribution in [0.2, 0.25) is 0 Å². The predicted molar refractivity (Wildman–Crippen MR) is 59.4 cm³/mol. The van der Waals surface area contributed by atoms with E-state index < -0.39 is 0 Å². The van der Waals surface area contributed by atoms with Gasteiger partial charge in [0.15, 0.2) is 0 Å². The average molecular weight is 217 g/mol. The summed E-state index contributed by atoms with van der Waals surface area (Å²) >= 11 is 1.86. The van der Waals surface area contributed by atoms with Crippen LogP contribution in [0.1, 0.15) is 26.2 Å². The second-order valence-electron chi connectivity index (χ2n) is 3.45. The van der Waals surface area contributed by atoms with Gasteiger partial charge in [-0.05, 0) is 6.42 Å². The van der Waals surface area contributed by atoms with Crippen LogP contribution in [0.4, 0.5) is 0 Å². The summed E-state index contributed by atoms with van der Waals surface area (Å²) in [5.74, 6) is 1.96. The number of hydrogen-bond donors (Lipinski definition) is 0. The summed E-state index contributed by atoms with van der Waals surface area (Å²) in [6.07, 6.45) is 4.44. The fourth-order valence-electron chi connectivity index (χ4n) is 1.43. The molecule has 82 valence electrons. The van der Waals surface area contributed by atoms with E-state index in [1.165, 1.54) is 12.8 Å². The molecule has 0 aromatic heterocycles. The Morgan fingerprint density at radius 2 is 2.43 bits per heavy atom. The summed E-state index contributed by atoms with van der Waals surface area (Å²) in [6.45, 7) is 3.78. The van der Waals surface area contributed by atoms with Crippen LogP contribution in [0.3, 0.4) is 0 Å². The number of unbranched alkanes of at least 4 members (excludes halogenated alkanes) is 2. The molecular weight excluding hydrogens is 198 g/mol. The van der Waals surface area contributed by atoms with Crippen molar-refractivity contribution in [3.05, 3.63) is 0 Å². The predicted octanol–water partition coefficient (Wildman–Crippen LogP) is 1.72. The lowest BCUT2D eigenvalue weighted by atomic mass is 10.3. The summed E-state index contributed by atoms with van der Waals surface area (Å²) < 4.78 is 5.66. The molecule has 1 saturated heterocycles. The maximum absolute atomic E-state index is 10.7. The Balaban J connectivity index is 2.16. The Morgan fingerprint density at radius 1 is 1.57 bits per heavy atom. The fraction of sp³-hybridized carbons (Fsp3) is 0.900. The van der Waals surface area contributed by atoms with Crippen molar-refractivity contribution in [3.63, 3.8) is 0 Å². The molecule has 1 aliphatic heterocycles. The van der Waals surface area contributed by atoms with Crippen molar-refractivity contribution in [2.45, 2.75) is 32.4 Å². The van der Waals surface area contributed by atoms with Gasteiger partial charge in [0.2, 0.25) is 6.41 Å². The molecule has 0 bridgehead atoms. The molecule has 14 heavy (non-hydrogen) atoms. The number of carbonyl (C=O) groups excluding carboxylic acids is 1. The molecule has 1 fully saturated rings. The monoisotopic (exact) mass is 217 g/mol. The first-order valence-electron chi connectivity index (χ1n) is 5.29. The van der Waals surface area contributed by atoms with Crippen LogP contribution in [-0.2, 0) is 9.53 Å². The molecule has 0 aliphatic carbocycles. The van der Waals surface area contributed by atoms with Crippen LogP contribution >= 0.6 is 11.8 Å². The number of ether oxygens (including phenoxy) is 1. The SMILES string of the molecule is CCCCCOC1CSCCN1C=O. The molecular formula is C10H19NO2S. The molecule has 0 saturated carbocycles. The van der Waals surface area contributed by atoms with Gasteiger partial charge in [0.1, 0.15) is 6.23 Å². The van der Waals surface area contributed by atoms with Gasteiger partial charge in [-0.1, -0.05) is 19.8 Å². The van der Waals surface area contributed by atoms with Gasteiger partial charge >= 0.3 is 0 Å². The van der Waals surface area contributed by atoms with E-state index in [1.807, 2.05) is 11.8 Å². The number of thioether (sulfide) groups is 1. The minimum Gasteiger partial charge on any atom is -0.357 e. The molecule has 1 atom stereocenters. The molecule has 1 amide bonds. The van der Waals surface area contributed by atoms with E-state index in [2.05, 4.69) is 6.92 Å². The van der Waals surface area contributed by atoms with Crippen molar-refractivity contribution >= 4 is 18.2 Å². The Labute approximate surface area is 90.2 Å². The zero-order chi connectivity index (χ0) is 10.2. The number of amides is 1. The lowest BCUT2D eigenvalue weighted by Crippen LogP contribution is -2.43. The largest absolute Gasteiger partial charge is 0.357 e. The fourth-order valence-corrected chi connectivity index (χ4v) is 2.43. The lowest BCUT2D eigenvalue weighted by Gasteiger charge is -2.31. The van der Waals surface area contributed by atoms with Gasteiger partial charge in [0.25, 0.3) is 0 Å². The molecule has 1 aliphatic rings. The first-order valence-corrected chi connectivity index (χ1v) is 6.44. The summed E-state index contributed by atoms with van der Waals surface area (Å²) in [5, 5.41) is 0. The Kier molecular flexibility index (Phi) is 6.03. The highest BCUT2D eigenvalue weighted by Gasteiger charge is 2.21. The van der Waals surface area contributed by atoms with Gasteiger partial charge in [-0.15, -0.1) is 0 Å². The van der Waals surface area contributed by atoms with Crippen molar-refractivity contribution < 1.29 is 9.53 Å². The van der Waals surface area contributed by atoms with E-state index in [9.17, 15) is 4.79 Å². The topological polar surface area (TPSA) is 29.5 Å². The zero-order valence-corrected chi connectivity index (χ0v) is 9.59. The van der Waals surface area contributed by atoms with Crippen LogP contribution in [0.5, 0.6) is 0 Å². The van der Waals surface area contributed by atoms with Crippen molar-refractivity contribution in [2.24, 2.45) is 0 Å². The van der Waals surface area contributed by atoms with Crippen molar-refractivity contribution in [2.75, 3.05) is 24.7 Å². The van der Waals surface area contributed by atoms with Gasteiger partial charge in [0.05, 0.1) is 0 Å². The van der Waals surface area contributed by atoms with E-state index >= 15 is 0 Å². The molecule has 0 N–H and O–H groups in total. The van der Waals surface area contributed by atoms with Gasteiger partial charge < -0.3 is 9.64 Å². The van der Waals surface area contributed by atoms with Crippen LogP contribution in [0, 0.1) is 0 Å². The van der Waals surface area contributed by atoms with Crippen LogP contribution < -0.4 is 0 Å². The Morgan fingerprint density at radius 3 is 3.14 bits per heavy atom.